The van der Waals surface area contributed by atoms with Crippen molar-refractivity contribution in [3.05, 3.63) is 0 Å². The normalized spacial score (nSPS) is 18.1. The predicted molar refractivity (Wildman–Crippen MR) is 67.4 cm³/mol. The van der Waals surface area contributed by atoms with Crippen molar-refractivity contribution in [2.45, 2.75) is 20.3 Å². The highest BCUT2D eigenvalue weighted by Crippen LogP contribution is 2.62. The Labute approximate surface area is 100 Å². The molecule has 1 aliphatic heterocycles. The van der Waals surface area contributed by atoms with Crippen LogP contribution in [0.4, 0.5) is 0 Å². The average molecular weight is 270 g/mol. The van der Waals surface area contributed by atoms with Crippen LogP contribution in [0.5, 0.6) is 0 Å². The summed E-state index contributed by atoms with van der Waals surface area (Å²) < 4.78 is 21.8. The minimum atomic E-state index is -2.29. The van der Waals surface area contributed by atoms with Crippen molar-refractivity contribution < 1.29 is 18.4 Å². The van der Waals surface area contributed by atoms with Crippen LogP contribution in [0.2, 0.25) is 0 Å². The molecule has 0 aromatic carbocycles. The molecule has 0 aromatic heterocycles. The van der Waals surface area contributed by atoms with Crippen LogP contribution in [0, 0.1) is 0 Å². The second kappa shape index (κ2) is 7.27. The minimum Gasteiger partial charge on any atom is -0.402 e. The molecular weight excluding hydrogens is 254 g/mol. The summed E-state index contributed by atoms with van der Waals surface area (Å²) in [5.41, 5.74) is -2.29. The quantitative estimate of drug-likeness (QED) is 0.545. The summed E-state index contributed by atoms with van der Waals surface area (Å²) in [5, 5.41) is 0. The van der Waals surface area contributed by atoms with Crippen LogP contribution in [0.15, 0.2) is 0 Å². The monoisotopic (exact) mass is 270 g/mol. The Bertz CT molecular complexity index is 215. The SMILES string of the molecule is CCOP(=S)(OCC)SB1OCCCO1. The van der Waals surface area contributed by atoms with E-state index in [0.29, 0.717) is 26.4 Å². The Hall–Kier alpha value is 0.905. The van der Waals surface area contributed by atoms with Crippen LogP contribution < -0.4 is 0 Å². The first-order valence-corrected chi connectivity index (χ1v) is 9.13. The lowest BCUT2D eigenvalue weighted by Gasteiger charge is -2.25. The molecule has 15 heavy (non-hydrogen) atoms. The highest BCUT2D eigenvalue weighted by molar-refractivity contribution is 8.77. The molecule has 0 spiro atoms. The molecule has 1 heterocycles. The molecule has 0 aliphatic carbocycles. The Morgan fingerprint density at radius 2 is 1.80 bits per heavy atom. The van der Waals surface area contributed by atoms with E-state index in [2.05, 4.69) is 0 Å². The topological polar surface area (TPSA) is 36.9 Å². The molecule has 4 nitrogen and oxygen atoms in total. The molecule has 0 atom stereocenters. The second-order valence-corrected chi connectivity index (χ2v) is 8.99. The highest BCUT2D eigenvalue weighted by atomic mass is 32.9. The summed E-state index contributed by atoms with van der Waals surface area (Å²) in [6.07, 6.45) is 0.603. The van der Waals surface area contributed by atoms with Gasteiger partial charge in [-0.1, -0.05) is 11.2 Å². The first-order chi connectivity index (χ1) is 7.20. The predicted octanol–water partition coefficient (Wildman–Crippen LogP) is 2.44. The van der Waals surface area contributed by atoms with E-state index in [1.807, 2.05) is 13.8 Å². The molecule has 0 saturated carbocycles. The van der Waals surface area contributed by atoms with Crippen molar-refractivity contribution in [1.29, 1.82) is 0 Å². The van der Waals surface area contributed by atoms with E-state index in [0.717, 1.165) is 6.42 Å². The van der Waals surface area contributed by atoms with Gasteiger partial charge in [0.2, 0.25) is 5.69 Å². The van der Waals surface area contributed by atoms with Crippen molar-refractivity contribution in [2.75, 3.05) is 26.4 Å². The molecule has 1 saturated heterocycles. The molecule has 0 N–H and O–H groups in total. The second-order valence-electron chi connectivity index (χ2n) is 2.77. The lowest BCUT2D eigenvalue weighted by atomic mass is 10.3. The van der Waals surface area contributed by atoms with Gasteiger partial charge in [0.15, 0.2) is 0 Å². The third kappa shape index (κ3) is 5.17. The van der Waals surface area contributed by atoms with Gasteiger partial charge in [-0.05, 0) is 32.1 Å². The summed E-state index contributed by atoms with van der Waals surface area (Å²) in [6, 6.07) is 0. The molecule has 0 aromatic rings. The van der Waals surface area contributed by atoms with Crippen molar-refractivity contribution in [3.63, 3.8) is 0 Å². The van der Waals surface area contributed by atoms with Crippen molar-refractivity contribution >= 4 is 35.1 Å². The van der Waals surface area contributed by atoms with Gasteiger partial charge in [0.05, 0.1) is 13.2 Å². The van der Waals surface area contributed by atoms with E-state index < -0.39 is 5.69 Å². The van der Waals surface area contributed by atoms with Crippen molar-refractivity contribution in [1.82, 2.24) is 0 Å². The van der Waals surface area contributed by atoms with E-state index >= 15 is 0 Å². The summed E-state index contributed by atoms with van der Waals surface area (Å²) in [6.45, 7) is 6.34. The van der Waals surface area contributed by atoms with Crippen molar-refractivity contribution in [3.8, 4) is 0 Å². The highest BCUT2D eigenvalue weighted by Gasteiger charge is 2.33. The summed E-state index contributed by atoms with van der Waals surface area (Å²) >= 11 is 6.70. The first-order valence-electron chi connectivity index (χ1n) is 5.01. The van der Waals surface area contributed by atoms with Gasteiger partial charge in [-0.3, -0.25) is 0 Å². The summed E-state index contributed by atoms with van der Waals surface area (Å²) in [7, 11) is 0. The van der Waals surface area contributed by atoms with Gasteiger partial charge in [0.25, 0.3) is 0 Å². The van der Waals surface area contributed by atoms with E-state index in [1.54, 1.807) is 0 Å². The molecule has 0 bridgehead atoms. The third-order valence-electron chi connectivity index (χ3n) is 1.59. The Morgan fingerprint density at radius 3 is 2.27 bits per heavy atom. The van der Waals surface area contributed by atoms with E-state index in [1.165, 1.54) is 11.2 Å². The maximum Gasteiger partial charge on any atom is 0.540 e. The van der Waals surface area contributed by atoms with Gasteiger partial charge < -0.3 is 18.4 Å². The van der Waals surface area contributed by atoms with Gasteiger partial charge in [0, 0.05) is 13.2 Å². The smallest absolute Gasteiger partial charge is 0.402 e. The summed E-state index contributed by atoms with van der Waals surface area (Å²) in [4.78, 5) is 0. The lowest BCUT2D eigenvalue weighted by Crippen LogP contribution is -2.26. The van der Waals surface area contributed by atoms with Crippen molar-refractivity contribution in [2.24, 2.45) is 0 Å². The molecule has 88 valence electrons. The van der Waals surface area contributed by atoms with Crippen LogP contribution in [-0.2, 0) is 30.2 Å². The van der Waals surface area contributed by atoms with Crippen LogP contribution in [0.25, 0.3) is 0 Å². The van der Waals surface area contributed by atoms with Crippen LogP contribution in [-0.4, -0.2) is 32.8 Å². The Morgan fingerprint density at radius 1 is 1.27 bits per heavy atom. The maximum absolute atomic E-state index is 5.48. The van der Waals surface area contributed by atoms with Crippen LogP contribution in [0.1, 0.15) is 20.3 Å². The molecule has 0 radical (unpaired) electrons. The maximum atomic E-state index is 5.48. The molecule has 0 amide bonds. The van der Waals surface area contributed by atoms with Gasteiger partial charge in [-0.2, -0.15) is 0 Å². The fraction of sp³-hybridized carbons (Fsp3) is 1.00. The first kappa shape index (κ1) is 14.0. The summed E-state index contributed by atoms with van der Waals surface area (Å²) in [5.74, 6) is 0. The number of hydrogen-bond donors (Lipinski definition) is 0. The number of hydrogen-bond acceptors (Lipinski definition) is 6. The Balaban J connectivity index is 2.45. The molecule has 0 unspecified atom stereocenters. The average Bonchev–Trinajstić information content (AvgIpc) is 2.19. The molecule has 1 rings (SSSR count). The van der Waals surface area contributed by atoms with Crippen LogP contribution in [0.3, 0.4) is 0 Å². The molecule has 8 heteroatoms. The largest absolute Gasteiger partial charge is 0.540 e. The zero-order valence-corrected chi connectivity index (χ0v) is 11.5. The zero-order valence-electron chi connectivity index (χ0n) is 9.01. The fourth-order valence-corrected chi connectivity index (χ4v) is 5.66. The Kier molecular flexibility index (Phi) is 6.77. The third-order valence-corrected chi connectivity index (χ3v) is 6.77. The molecule has 1 aliphatic rings. The minimum absolute atomic E-state index is 0.331. The zero-order chi connectivity index (χ0) is 11.1. The fourth-order valence-electron chi connectivity index (χ4n) is 1.05. The molecular formula is C7H16BO4PS2. The van der Waals surface area contributed by atoms with E-state index in [4.69, 9.17) is 30.2 Å². The standard InChI is InChI=1S/C7H16BO4PS2/c1-3-11-13(14,12-4-2)15-8-9-6-5-7-10-8/h3-7H2,1-2H3. The van der Waals surface area contributed by atoms with Gasteiger partial charge in [-0.25, -0.2) is 0 Å². The van der Waals surface area contributed by atoms with Crippen LogP contribution >= 0.6 is 16.9 Å². The van der Waals surface area contributed by atoms with Gasteiger partial charge in [-0.15, -0.1) is 0 Å². The lowest BCUT2D eigenvalue weighted by molar-refractivity contribution is 0.150. The van der Waals surface area contributed by atoms with Gasteiger partial charge in [0.1, 0.15) is 0 Å². The van der Waals surface area contributed by atoms with Gasteiger partial charge >= 0.3 is 6.40 Å². The van der Waals surface area contributed by atoms with E-state index in [-0.39, 0.29) is 6.40 Å². The number of rotatable bonds is 6. The van der Waals surface area contributed by atoms with E-state index in [9.17, 15) is 0 Å². The molecule has 1 fully saturated rings.